The molecule has 0 amide bonds. The van der Waals surface area contributed by atoms with E-state index >= 15 is 0 Å². The predicted octanol–water partition coefficient (Wildman–Crippen LogP) is 2.63. The molecule has 1 aromatic heterocycles. The molecule has 0 bridgehead atoms. The number of hydrogen-bond acceptors (Lipinski definition) is 4. The summed E-state index contributed by atoms with van der Waals surface area (Å²) in [5.74, 6) is 0. The van der Waals surface area contributed by atoms with E-state index < -0.39 is 16.1 Å². The summed E-state index contributed by atoms with van der Waals surface area (Å²) >= 11 is 0. The van der Waals surface area contributed by atoms with Crippen LogP contribution in [0.1, 0.15) is 11.6 Å². The molecule has 5 nitrogen and oxygen atoms in total. The van der Waals surface area contributed by atoms with Gasteiger partial charge in [-0.25, -0.2) is 13.1 Å². The number of para-hydroxylation sites is 1. The van der Waals surface area contributed by atoms with Gasteiger partial charge in [0.2, 0.25) is 10.0 Å². The topological polar surface area (TPSA) is 85.1 Å². The second-order valence-electron chi connectivity index (χ2n) is 5.20. The van der Waals surface area contributed by atoms with Crippen LogP contribution in [0.4, 0.5) is 0 Å². The number of hydrogen-bond donors (Lipinski definition) is 2. The summed E-state index contributed by atoms with van der Waals surface area (Å²) in [6, 6.07) is 17.7. The average molecular weight is 364 g/mol. The van der Waals surface area contributed by atoms with E-state index in [-0.39, 0.29) is 23.8 Å². The fraction of sp³-hybridized carbons (Fsp3) is 0.118. The molecule has 3 aromatic rings. The third-order valence-corrected chi connectivity index (χ3v) is 5.06. The van der Waals surface area contributed by atoms with Crippen LogP contribution >= 0.6 is 12.4 Å². The van der Waals surface area contributed by atoms with Crippen molar-refractivity contribution < 1.29 is 8.42 Å². The average Bonchev–Trinajstić information content (AvgIpc) is 2.60. The molecule has 126 valence electrons. The molecule has 7 heteroatoms. The molecule has 0 spiro atoms. The molecule has 0 fully saturated rings. The van der Waals surface area contributed by atoms with Crippen molar-refractivity contribution in [1.82, 2.24) is 9.71 Å². The van der Waals surface area contributed by atoms with Crippen LogP contribution in [-0.4, -0.2) is 19.9 Å². The molecule has 0 aliphatic carbocycles. The van der Waals surface area contributed by atoms with E-state index in [0.29, 0.717) is 5.52 Å². The summed E-state index contributed by atoms with van der Waals surface area (Å²) < 4.78 is 27.7. The lowest BCUT2D eigenvalue weighted by atomic mass is 10.1. The lowest BCUT2D eigenvalue weighted by Crippen LogP contribution is -2.32. The second-order valence-corrected chi connectivity index (χ2v) is 6.94. The van der Waals surface area contributed by atoms with Crippen LogP contribution in [0.15, 0.2) is 71.8 Å². The Morgan fingerprint density at radius 1 is 1.00 bits per heavy atom. The lowest BCUT2D eigenvalue weighted by Gasteiger charge is -2.14. The maximum atomic E-state index is 12.6. The van der Waals surface area contributed by atoms with Crippen molar-refractivity contribution in [3.8, 4) is 0 Å². The fourth-order valence-electron chi connectivity index (χ4n) is 2.39. The van der Waals surface area contributed by atoms with E-state index in [0.717, 1.165) is 10.9 Å². The van der Waals surface area contributed by atoms with Gasteiger partial charge in [0.1, 0.15) is 4.90 Å². The molecule has 0 saturated heterocycles. The summed E-state index contributed by atoms with van der Waals surface area (Å²) in [6.07, 6.45) is 1.58. The number of nitrogens with zero attached hydrogens (tertiary/aromatic N) is 1. The smallest absolute Gasteiger partial charge is 0.242 e. The highest BCUT2D eigenvalue weighted by Gasteiger charge is 2.19. The first-order valence-electron chi connectivity index (χ1n) is 7.22. The Bertz CT molecular complexity index is 912. The quantitative estimate of drug-likeness (QED) is 0.729. The van der Waals surface area contributed by atoms with Gasteiger partial charge >= 0.3 is 0 Å². The van der Waals surface area contributed by atoms with Gasteiger partial charge in [-0.3, -0.25) is 4.98 Å². The van der Waals surface area contributed by atoms with Crippen molar-refractivity contribution in [3.05, 3.63) is 72.4 Å². The number of sulfonamides is 1. The van der Waals surface area contributed by atoms with E-state index in [1.165, 1.54) is 0 Å². The third kappa shape index (κ3) is 3.91. The molecule has 24 heavy (non-hydrogen) atoms. The Labute approximate surface area is 147 Å². The van der Waals surface area contributed by atoms with Crippen molar-refractivity contribution in [2.45, 2.75) is 10.9 Å². The number of pyridine rings is 1. The van der Waals surface area contributed by atoms with Crippen LogP contribution < -0.4 is 10.5 Å². The predicted molar refractivity (Wildman–Crippen MR) is 97.5 cm³/mol. The van der Waals surface area contributed by atoms with Crippen molar-refractivity contribution in [3.63, 3.8) is 0 Å². The Morgan fingerprint density at radius 3 is 2.46 bits per heavy atom. The van der Waals surface area contributed by atoms with Crippen LogP contribution in [0.5, 0.6) is 0 Å². The number of aromatic nitrogens is 1. The minimum absolute atomic E-state index is 0. The van der Waals surface area contributed by atoms with Crippen LogP contribution in [0, 0.1) is 0 Å². The van der Waals surface area contributed by atoms with E-state index in [1.54, 1.807) is 24.4 Å². The fourth-order valence-corrected chi connectivity index (χ4v) is 3.63. The first-order valence-corrected chi connectivity index (χ1v) is 8.70. The molecular weight excluding hydrogens is 346 g/mol. The number of fused-ring (bicyclic) bond motifs is 1. The monoisotopic (exact) mass is 363 g/mol. The van der Waals surface area contributed by atoms with Crippen LogP contribution in [-0.2, 0) is 10.0 Å². The van der Waals surface area contributed by atoms with Gasteiger partial charge in [0, 0.05) is 24.2 Å². The summed E-state index contributed by atoms with van der Waals surface area (Å²) in [7, 11) is -3.68. The third-order valence-electron chi connectivity index (χ3n) is 3.61. The van der Waals surface area contributed by atoms with Gasteiger partial charge in [-0.05, 0) is 17.7 Å². The summed E-state index contributed by atoms with van der Waals surface area (Å²) in [6.45, 7) is 0.121. The van der Waals surface area contributed by atoms with Gasteiger partial charge < -0.3 is 5.73 Å². The number of halogens is 1. The van der Waals surface area contributed by atoms with Crippen molar-refractivity contribution >= 4 is 33.3 Å². The van der Waals surface area contributed by atoms with E-state index in [1.807, 2.05) is 42.5 Å². The number of benzene rings is 2. The van der Waals surface area contributed by atoms with Gasteiger partial charge in [-0.1, -0.05) is 48.5 Å². The summed E-state index contributed by atoms with van der Waals surface area (Å²) in [5.41, 5.74) is 7.39. The zero-order valence-electron chi connectivity index (χ0n) is 12.8. The summed E-state index contributed by atoms with van der Waals surface area (Å²) in [4.78, 5) is 4.35. The molecule has 0 saturated carbocycles. The molecular formula is C17H18ClN3O2S. The van der Waals surface area contributed by atoms with Gasteiger partial charge in [-0.2, -0.15) is 0 Å². The molecule has 3 N–H and O–H groups in total. The minimum atomic E-state index is -3.68. The molecule has 1 atom stereocenters. The summed E-state index contributed by atoms with van der Waals surface area (Å²) in [5, 5.41) is 0.780. The highest BCUT2D eigenvalue weighted by Crippen LogP contribution is 2.20. The highest BCUT2D eigenvalue weighted by molar-refractivity contribution is 7.89. The van der Waals surface area contributed by atoms with Crippen molar-refractivity contribution in [2.75, 3.05) is 6.54 Å². The highest BCUT2D eigenvalue weighted by atomic mass is 35.5. The van der Waals surface area contributed by atoms with Crippen LogP contribution in [0.25, 0.3) is 10.9 Å². The first-order chi connectivity index (χ1) is 11.1. The van der Waals surface area contributed by atoms with E-state index in [9.17, 15) is 8.42 Å². The van der Waals surface area contributed by atoms with Crippen LogP contribution in [0.3, 0.4) is 0 Å². The first kappa shape index (κ1) is 18.4. The Hall–Kier alpha value is -1.99. The molecule has 1 heterocycles. The van der Waals surface area contributed by atoms with Crippen molar-refractivity contribution in [1.29, 1.82) is 0 Å². The van der Waals surface area contributed by atoms with Crippen LogP contribution in [0.2, 0.25) is 0 Å². The Morgan fingerprint density at radius 2 is 1.71 bits per heavy atom. The molecule has 0 aliphatic rings. The molecule has 0 aliphatic heterocycles. The van der Waals surface area contributed by atoms with Gasteiger partial charge in [0.25, 0.3) is 0 Å². The van der Waals surface area contributed by atoms with Gasteiger partial charge in [0.15, 0.2) is 0 Å². The minimum Gasteiger partial charge on any atom is -0.323 e. The number of nitrogens with one attached hydrogen (secondary N) is 1. The molecule has 2 aromatic carbocycles. The molecule has 1 unspecified atom stereocenters. The van der Waals surface area contributed by atoms with Crippen molar-refractivity contribution in [2.24, 2.45) is 5.73 Å². The zero-order valence-corrected chi connectivity index (χ0v) is 14.4. The maximum absolute atomic E-state index is 12.6. The Balaban J connectivity index is 0.00000208. The van der Waals surface area contributed by atoms with E-state index in [4.69, 9.17) is 5.73 Å². The largest absolute Gasteiger partial charge is 0.323 e. The van der Waals surface area contributed by atoms with Gasteiger partial charge in [-0.15, -0.1) is 12.4 Å². The standard InChI is InChI=1S/C17H17N3O2S.ClH/c18-15(13-6-2-1-3-7-13)12-20-23(21,22)16-10-4-8-14-9-5-11-19-17(14)16;/h1-11,15,20H,12,18H2;1H. The molecule has 3 rings (SSSR count). The lowest BCUT2D eigenvalue weighted by molar-refractivity contribution is 0.573. The van der Waals surface area contributed by atoms with Gasteiger partial charge in [0.05, 0.1) is 5.52 Å². The molecule has 0 radical (unpaired) electrons. The number of nitrogens with two attached hydrogens (primary N) is 1. The zero-order chi connectivity index (χ0) is 16.3. The maximum Gasteiger partial charge on any atom is 0.242 e. The van der Waals surface area contributed by atoms with E-state index in [2.05, 4.69) is 9.71 Å². The normalized spacial score (nSPS) is 12.5. The number of rotatable bonds is 5. The Kier molecular flexibility index (Phi) is 5.90. The SMILES string of the molecule is Cl.NC(CNS(=O)(=O)c1cccc2cccnc12)c1ccccc1. The second kappa shape index (κ2) is 7.72.